The predicted molar refractivity (Wildman–Crippen MR) is 56.1 cm³/mol. The largest absolute Gasteiger partial charge is 0.325 e. The molecule has 0 unspecified atom stereocenters. The van der Waals surface area contributed by atoms with Crippen LogP contribution in [0.2, 0.25) is 0 Å². The van der Waals surface area contributed by atoms with Crippen LogP contribution < -0.4 is 11.3 Å². The Hall–Kier alpha value is -1.46. The zero-order chi connectivity index (χ0) is 9.97. The van der Waals surface area contributed by atoms with E-state index in [1.54, 1.807) is 11.3 Å². The van der Waals surface area contributed by atoms with Crippen LogP contribution in [0.25, 0.3) is 11.4 Å². The van der Waals surface area contributed by atoms with Crippen LogP contribution in [0, 0.1) is 0 Å². The van der Waals surface area contributed by atoms with Gasteiger partial charge in [0.2, 0.25) is 0 Å². The molecule has 3 N–H and O–H groups in total. The molecule has 0 saturated heterocycles. The fourth-order valence-corrected chi connectivity index (χ4v) is 1.79. The van der Waals surface area contributed by atoms with E-state index in [0.29, 0.717) is 11.5 Å². The Morgan fingerprint density at radius 2 is 2.43 bits per heavy atom. The second kappa shape index (κ2) is 3.73. The van der Waals surface area contributed by atoms with Gasteiger partial charge in [0.05, 0.1) is 5.69 Å². The van der Waals surface area contributed by atoms with E-state index in [9.17, 15) is 4.79 Å². The molecule has 72 valence electrons. The fraction of sp³-hybridized carbons (Fsp3) is 0.111. The van der Waals surface area contributed by atoms with Gasteiger partial charge in [-0.15, -0.1) is 0 Å². The molecule has 14 heavy (non-hydrogen) atoms. The maximum Gasteiger partial charge on any atom is 0.251 e. The standard InChI is InChI=1S/C9H9N3OS/c10-4-7-3-8(13)12-9(11-7)6-1-2-14-5-6/h1-3,5H,4,10H2,(H,11,12,13). The van der Waals surface area contributed by atoms with Gasteiger partial charge in [0.1, 0.15) is 5.82 Å². The van der Waals surface area contributed by atoms with Crippen LogP contribution in [0.1, 0.15) is 5.69 Å². The highest BCUT2D eigenvalue weighted by Gasteiger charge is 2.02. The molecule has 0 radical (unpaired) electrons. The van der Waals surface area contributed by atoms with Crippen molar-refractivity contribution < 1.29 is 0 Å². The second-order valence-corrected chi connectivity index (χ2v) is 3.58. The summed E-state index contributed by atoms with van der Waals surface area (Å²) in [6, 6.07) is 3.32. The number of aromatic amines is 1. The number of H-pyrrole nitrogens is 1. The van der Waals surface area contributed by atoms with Gasteiger partial charge in [0, 0.05) is 23.6 Å². The molecule has 0 spiro atoms. The molecule has 2 rings (SSSR count). The minimum Gasteiger partial charge on any atom is -0.325 e. The third kappa shape index (κ3) is 1.73. The number of hydrogen-bond acceptors (Lipinski definition) is 4. The minimum atomic E-state index is -0.165. The smallest absolute Gasteiger partial charge is 0.251 e. The highest BCUT2D eigenvalue weighted by Crippen LogP contribution is 2.16. The Labute approximate surface area is 84.4 Å². The number of aromatic nitrogens is 2. The van der Waals surface area contributed by atoms with Crippen LogP contribution in [-0.4, -0.2) is 9.97 Å². The summed E-state index contributed by atoms with van der Waals surface area (Å²) in [6.07, 6.45) is 0. The molecule has 5 heteroatoms. The lowest BCUT2D eigenvalue weighted by Crippen LogP contribution is -2.12. The van der Waals surface area contributed by atoms with E-state index in [4.69, 9.17) is 5.73 Å². The molecule has 0 aliphatic rings. The summed E-state index contributed by atoms with van der Waals surface area (Å²) in [5.41, 5.74) is 6.79. The van der Waals surface area contributed by atoms with E-state index in [1.807, 2.05) is 16.8 Å². The van der Waals surface area contributed by atoms with Crippen LogP contribution in [-0.2, 0) is 6.54 Å². The minimum absolute atomic E-state index is 0.165. The van der Waals surface area contributed by atoms with E-state index >= 15 is 0 Å². The zero-order valence-corrected chi connectivity index (χ0v) is 8.17. The molecule has 2 aromatic heterocycles. The Balaban J connectivity index is 2.54. The molecule has 2 aromatic rings. The van der Waals surface area contributed by atoms with Gasteiger partial charge in [-0.2, -0.15) is 11.3 Å². The first-order valence-corrected chi connectivity index (χ1v) is 5.07. The number of nitrogens with zero attached hydrogens (tertiary/aromatic N) is 1. The number of hydrogen-bond donors (Lipinski definition) is 2. The Morgan fingerprint density at radius 3 is 3.07 bits per heavy atom. The van der Waals surface area contributed by atoms with Gasteiger partial charge >= 0.3 is 0 Å². The van der Waals surface area contributed by atoms with Crippen molar-refractivity contribution in [3.8, 4) is 11.4 Å². The lowest BCUT2D eigenvalue weighted by atomic mass is 10.3. The maximum atomic E-state index is 11.2. The second-order valence-electron chi connectivity index (χ2n) is 2.80. The maximum absolute atomic E-state index is 11.2. The van der Waals surface area contributed by atoms with E-state index < -0.39 is 0 Å². The van der Waals surface area contributed by atoms with Crippen molar-refractivity contribution in [1.82, 2.24) is 9.97 Å². The third-order valence-corrected chi connectivity index (χ3v) is 2.48. The van der Waals surface area contributed by atoms with Crippen LogP contribution in [0.3, 0.4) is 0 Å². The monoisotopic (exact) mass is 207 g/mol. The average Bonchev–Trinajstić information content (AvgIpc) is 2.69. The highest BCUT2D eigenvalue weighted by molar-refractivity contribution is 7.08. The molecule has 0 aliphatic heterocycles. The molecule has 0 saturated carbocycles. The molecular weight excluding hydrogens is 198 g/mol. The van der Waals surface area contributed by atoms with Crippen molar-refractivity contribution in [3.05, 3.63) is 38.9 Å². The van der Waals surface area contributed by atoms with Crippen molar-refractivity contribution in [2.24, 2.45) is 5.73 Å². The van der Waals surface area contributed by atoms with Crippen molar-refractivity contribution in [2.75, 3.05) is 0 Å². The van der Waals surface area contributed by atoms with E-state index in [-0.39, 0.29) is 12.1 Å². The Kier molecular flexibility index (Phi) is 2.43. The zero-order valence-electron chi connectivity index (χ0n) is 7.36. The molecular formula is C9H9N3OS. The first-order chi connectivity index (χ1) is 6.79. The molecule has 0 aromatic carbocycles. The quantitative estimate of drug-likeness (QED) is 0.770. The topological polar surface area (TPSA) is 71.8 Å². The summed E-state index contributed by atoms with van der Waals surface area (Å²) in [5.74, 6) is 0.583. The lowest BCUT2D eigenvalue weighted by Gasteiger charge is -1.99. The van der Waals surface area contributed by atoms with Gasteiger partial charge in [-0.3, -0.25) is 4.79 Å². The van der Waals surface area contributed by atoms with E-state index in [1.165, 1.54) is 6.07 Å². The van der Waals surface area contributed by atoms with Crippen LogP contribution in [0.5, 0.6) is 0 Å². The predicted octanol–water partition coefficient (Wildman–Crippen LogP) is 0.957. The van der Waals surface area contributed by atoms with Gasteiger partial charge < -0.3 is 10.7 Å². The van der Waals surface area contributed by atoms with E-state index in [0.717, 1.165) is 5.56 Å². The summed E-state index contributed by atoms with van der Waals surface area (Å²) in [7, 11) is 0. The van der Waals surface area contributed by atoms with Gasteiger partial charge in [-0.25, -0.2) is 4.98 Å². The van der Waals surface area contributed by atoms with Crippen molar-refractivity contribution in [2.45, 2.75) is 6.54 Å². The number of nitrogens with two attached hydrogens (primary N) is 1. The molecule has 2 heterocycles. The van der Waals surface area contributed by atoms with Crippen LogP contribution in [0.4, 0.5) is 0 Å². The van der Waals surface area contributed by atoms with Gasteiger partial charge in [0.25, 0.3) is 5.56 Å². The summed E-state index contributed by atoms with van der Waals surface area (Å²) in [5, 5.41) is 3.86. The molecule has 4 nitrogen and oxygen atoms in total. The lowest BCUT2D eigenvalue weighted by molar-refractivity contribution is 0.956. The average molecular weight is 207 g/mol. The first-order valence-electron chi connectivity index (χ1n) is 4.12. The van der Waals surface area contributed by atoms with Gasteiger partial charge in [0.15, 0.2) is 0 Å². The molecule has 0 fully saturated rings. The number of nitrogens with one attached hydrogen (secondary N) is 1. The summed E-state index contributed by atoms with van der Waals surface area (Å²) < 4.78 is 0. The SMILES string of the molecule is NCc1cc(=O)[nH]c(-c2ccsc2)n1. The van der Waals surface area contributed by atoms with Crippen molar-refractivity contribution in [1.29, 1.82) is 0 Å². The summed E-state index contributed by atoms with van der Waals surface area (Å²) >= 11 is 1.56. The van der Waals surface area contributed by atoms with Crippen molar-refractivity contribution in [3.63, 3.8) is 0 Å². The molecule has 0 amide bonds. The fourth-order valence-electron chi connectivity index (χ4n) is 1.15. The van der Waals surface area contributed by atoms with Crippen molar-refractivity contribution >= 4 is 11.3 Å². The molecule has 0 atom stereocenters. The first kappa shape index (κ1) is 9.11. The summed E-state index contributed by atoms with van der Waals surface area (Å²) in [6.45, 7) is 0.279. The Morgan fingerprint density at radius 1 is 1.57 bits per heavy atom. The van der Waals surface area contributed by atoms with Gasteiger partial charge in [-0.1, -0.05) is 0 Å². The Bertz CT molecular complexity index is 475. The number of thiophene rings is 1. The van der Waals surface area contributed by atoms with Crippen LogP contribution in [0.15, 0.2) is 27.7 Å². The molecule has 0 aliphatic carbocycles. The van der Waals surface area contributed by atoms with Gasteiger partial charge in [-0.05, 0) is 11.4 Å². The third-order valence-electron chi connectivity index (χ3n) is 1.80. The highest BCUT2D eigenvalue weighted by atomic mass is 32.1. The summed E-state index contributed by atoms with van der Waals surface area (Å²) in [4.78, 5) is 18.1. The number of rotatable bonds is 2. The van der Waals surface area contributed by atoms with E-state index in [2.05, 4.69) is 9.97 Å². The molecule has 0 bridgehead atoms. The van der Waals surface area contributed by atoms with Crippen LogP contribution >= 0.6 is 11.3 Å². The normalized spacial score (nSPS) is 10.4.